The first-order valence-corrected chi connectivity index (χ1v) is 5.40. The largest absolute Gasteiger partial charge is 0.393 e. The summed E-state index contributed by atoms with van der Waals surface area (Å²) in [4.78, 5) is 0. The Morgan fingerprint density at radius 2 is 2.17 bits per heavy atom. The fourth-order valence-electron chi connectivity index (χ4n) is 2.21. The Morgan fingerprint density at radius 1 is 1.42 bits per heavy atom. The van der Waals surface area contributed by atoms with Gasteiger partial charge in [0, 0.05) is 0 Å². The summed E-state index contributed by atoms with van der Waals surface area (Å²) < 4.78 is 0. The van der Waals surface area contributed by atoms with E-state index in [0.717, 1.165) is 24.7 Å². The molecule has 1 saturated carbocycles. The van der Waals surface area contributed by atoms with Crippen molar-refractivity contribution in [3.8, 4) is 0 Å². The maximum atomic E-state index is 9.47. The van der Waals surface area contributed by atoms with Crippen LogP contribution in [0.25, 0.3) is 0 Å². The molecule has 1 fully saturated rings. The average Bonchev–Trinajstić information content (AvgIpc) is 2.04. The second-order valence-electron chi connectivity index (χ2n) is 4.44. The van der Waals surface area contributed by atoms with Crippen LogP contribution in [0.2, 0.25) is 0 Å². The minimum absolute atomic E-state index is 0.00723. The molecule has 3 atom stereocenters. The zero-order valence-electron chi connectivity index (χ0n) is 8.42. The number of hydrogen-bond acceptors (Lipinski definition) is 1. The summed E-state index contributed by atoms with van der Waals surface area (Å²) in [5, 5.41) is 9.47. The van der Waals surface area contributed by atoms with Gasteiger partial charge in [0.05, 0.1) is 6.10 Å². The molecule has 0 aliphatic heterocycles. The Bertz CT molecular complexity index is 122. The molecular weight excluding hydrogens is 148 g/mol. The summed E-state index contributed by atoms with van der Waals surface area (Å²) in [5.41, 5.74) is 0. The topological polar surface area (TPSA) is 20.2 Å². The van der Waals surface area contributed by atoms with Gasteiger partial charge in [0.25, 0.3) is 0 Å². The van der Waals surface area contributed by atoms with Crippen LogP contribution in [0.3, 0.4) is 0 Å². The third kappa shape index (κ3) is 3.14. The normalized spacial score (nSPS) is 33.2. The molecular formula is C11H22O. The van der Waals surface area contributed by atoms with E-state index >= 15 is 0 Å². The van der Waals surface area contributed by atoms with Crippen molar-refractivity contribution in [1.29, 1.82) is 0 Å². The van der Waals surface area contributed by atoms with E-state index < -0.39 is 0 Å². The van der Waals surface area contributed by atoms with Crippen LogP contribution in [0.4, 0.5) is 0 Å². The molecule has 0 spiro atoms. The van der Waals surface area contributed by atoms with Crippen LogP contribution in [-0.2, 0) is 0 Å². The van der Waals surface area contributed by atoms with Gasteiger partial charge in [-0.15, -0.1) is 0 Å². The summed E-state index contributed by atoms with van der Waals surface area (Å²) in [5.74, 6) is 1.66. The molecule has 3 unspecified atom stereocenters. The zero-order chi connectivity index (χ0) is 8.97. The van der Waals surface area contributed by atoms with Gasteiger partial charge in [0.1, 0.15) is 0 Å². The van der Waals surface area contributed by atoms with Crippen molar-refractivity contribution in [1.82, 2.24) is 0 Å². The Balaban J connectivity index is 2.22. The molecule has 1 N–H and O–H groups in total. The third-order valence-electron chi connectivity index (χ3n) is 3.19. The van der Waals surface area contributed by atoms with E-state index in [-0.39, 0.29) is 6.10 Å². The highest BCUT2D eigenvalue weighted by Crippen LogP contribution is 2.29. The van der Waals surface area contributed by atoms with Gasteiger partial charge in [-0.1, -0.05) is 33.1 Å². The van der Waals surface area contributed by atoms with Crippen molar-refractivity contribution in [3.63, 3.8) is 0 Å². The summed E-state index contributed by atoms with van der Waals surface area (Å²) in [6.07, 6.45) is 7.30. The van der Waals surface area contributed by atoms with Crippen LogP contribution >= 0.6 is 0 Å². The second-order valence-corrected chi connectivity index (χ2v) is 4.44. The van der Waals surface area contributed by atoms with Crippen LogP contribution in [0.5, 0.6) is 0 Å². The fourth-order valence-corrected chi connectivity index (χ4v) is 2.21. The van der Waals surface area contributed by atoms with Gasteiger partial charge < -0.3 is 5.11 Å². The van der Waals surface area contributed by atoms with E-state index in [1.165, 1.54) is 25.7 Å². The standard InChI is InChI=1S/C11H22O/c1-3-9(2)7-10-5-4-6-11(12)8-10/h9-12H,3-8H2,1-2H3. The molecule has 1 aliphatic rings. The Labute approximate surface area is 76.2 Å². The van der Waals surface area contributed by atoms with Crippen LogP contribution in [0.1, 0.15) is 52.4 Å². The van der Waals surface area contributed by atoms with E-state index in [1.54, 1.807) is 0 Å². The first-order valence-electron chi connectivity index (χ1n) is 5.40. The molecule has 72 valence electrons. The Morgan fingerprint density at radius 3 is 2.75 bits per heavy atom. The highest BCUT2D eigenvalue weighted by Gasteiger charge is 2.20. The molecule has 1 heteroatoms. The van der Waals surface area contributed by atoms with Gasteiger partial charge >= 0.3 is 0 Å². The number of aliphatic hydroxyl groups excluding tert-OH is 1. The summed E-state index contributed by atoms with van der Waals surface area (Å²) >= 11 is 0. The van der Waals surface area contributed by atoms with Crippen LogP contribution in [0, 0.1) is 11.8 Å². The van der Waals surface area contributed by atoms with Crippen molar-refractivity contribution in [2.45, 2.75) is 58.5 Å². The first kappa shape index (κ1) is 10.0. The highest BCUT2D eigenvalue weighted by molar-refractivity contribution is 4.73. The quantitative estimate of drug-likeness (QED) is 0.690. The molecule has 0 amide bonds. The van der Waals surface area contributed by atoms with Crippen LogP contribution in [-0.4, -0.2) is 11.2 Å². The van der Waals surface area contributed by atoms with Crippen molar-refractivity contribution in [3.05, 3.63) is 0 Å². The zero-order valence-corrected chi connectivity index (χ0v) is 8.42. The first-order chi connectivity index (χ1) is 5.72. The molecule has 12 heavy (non-hydrogen) atoms. The Kier molecular flexibility index (Phi) is 4.07. The van der Waals surface area contributed by atoms with Crippen molar-refractivity contribution in [2.24, 2.45) is 11.8 Å². The van der Waals surface area contributed by atoms with Crippen LogP contribution in [0.15, 0.2) is 0 Å². The van der Waals surface area contributed by atoms with E-state index in [2.05, 4.69) is 13.8 Å². The van der Waals surface area contributed by atoms with Crippen LogP contribution < -0.4 is 0 Å². The SMILES string of the molecule is CCC(C)CC1CCCC(O)C1. The number of aliphatic hydroxyl groups is 1. The smallest absolute Gasteiger partial charge is 0.0542 e. The minimum Gasteiger partial charge on any atom is -0.393 e. The summed E-state index contributed by atoms with van der Waals surface area (Å²) in [6, 6.07) is 0. The lowest BCUT2D eigenvalue weighted by Crippen LogP contribution is -2.20. The lowest BCUT2D eigenvalue weighted by atomic mass is 9.81. The molecule has 0 saturated heterocycles. The molecule has 1 aliphatic carbocycles. The fraction of sp³-hybridized carbons (Fsp3) is 1.00. The summed E-state index contributed by atoms with van der Waals surface area (Å²) in [7, 11) is 0. The minimum atomic E-state index is 0.00723. The maximum absolute atomic E-state index is 9.47. The number of hydrogen-bond donors (Lipinski definition) is 1. The van der Waals surface area contributed by atoms with E-state index in [1.807, 2.05) is 0 Å². The maximum Gasteiger partial charge on any atom is 0.0542 e. The van der Waals surface area contributed by atoms with Gasteiger partial charge in [-0.2, -0.15) is 0 Å². The van der Waals surface area contributed by atoms with Gasteiger partial charge in [0.15, 0.2) is 0 Å². The molecule has 0 heterocycles. The van der Waals surface area contributed by atoms with Crippen molar-refractivity contribution < 1.29 is 5.11 Å². The predicted octanol–water partition coefficient (Wildman–Crippen LogP) is 2.97. The van der Waals surface area contributed by atoms with E-state index in [4.69, 9.17) is 0 Å². The average molecular weight is 170 g/mol. The van der Waals surface area contributed by atoms with Gasteiger partial charge in [0.2, 0.25) is 0 Å². The number of rotatable bonds is 3. The lowest BCUT2D eigenvalue weighted by Gasteiger charge is -2.27. The molecule has 0 aromatic rings. The second kappa shape index (κ2) is 4.86. The van der Waals surface area contributed by atoms with Gasteiger partial charge in [-0.25, -0.2) is 0 Å². The molecule has 0 bridgehead atoms. The lowest BCUT2D eigenvalue weighted by molar-refractivity contribution is 0.0929. The molecule has 0 aromatic carbocycles. The van der Waals surface area contributed by atoms with E-state index in [9.17, 15) is 5.11 Å². The molecule has 0 radical (unpaired) electrons. The van der Waals surface area contributed by atoms with E-state index in [0.29, 0.717) is 0 Å². The molecule has 1 rings (SSSR count). The van der Waals surface area contributed by atoms with Gasteiger partial charge in [-0.3, -0.25) is 0 Å². The Hall–Kier alpha value is -0.0400. The predicted molar refractivity (Wildman–Crippen MR) is 52.0 cm³/mol. The van der Waals surface area contributed by atoms with Crippen molar-refractivity contribution >= 4 is 0 Å². The summed E-state index contributed by atoms with van der Waals surface area (Å²) in [6.45, 7) is 4.57. The van der Waals surface area contributed by atoms with Crippen molar-refractivity contribution in [2.75, 3.05) is 0 Å². The molecule has 0 aromatic heterocycles. The highest BCUT2D eigenvalue weighted by atomic mass is 16.3. The monoisotopic (exact) mass is 170 g/mol. The van der Waals surface area contributed by atoms with Gasteiger partial charge in [-0.05, 0) is 31.1 Å². The third-order valence-corrected chi connectivity index (χ3v) is 3.19. The molecule has 1 nitrogen and oxygen atoms in total.